The van der Waals surface area contributed by atoms with Crippen molar-refractivity contribution in [1.29, 1.82) is 0 Å². The third kappa shape index (κ3) is 5.37. The highest BCUT2D eigenvalue weighted by molar-refractivity contribution is 4.96. The first-order valence-corrected chi connectivity index (χ1v) is 9.18. The molecular weight excluding hydrogens is 244 g/mol. The van der Waals surface area contributed by atoms with Gasteiger partial charge in [-0.25, -0.2) is 0 Å². The van der Waals surface area contributed by atoms with Gasteiger partial charge in [0.2, 0.25) is 0 Å². The van der Waals surface area contributed by atoms with Crippen LogP contribution in [0.1, 0.15) is 78.1 Å². The third-order valence-electron chi connectivity index (χ3n) is 5.27. The predicted molar refractivity (Wildman–Crippen MR) is 88.2 cm³/mol. The van der Waals surface area contributed by atoms with Gasteiger partial charge in [0, 0.05) is 25.2 Å². The zero-order valence-electron chi connectivity index (χ0n) is 13.9. The number of rotatable bonds is 7. The molecule has 0 amide bonds. The first-order valence-electron chi connectivity index (χ1n) is 9.18. The lowest BCUT2D eigenvalue weighted by atomic mass is 9.80. The second kappa shape index (κ2) is 8.38. The van der Waals surface area contributed by atoms with E-state index in [4.69, 9.17) is 0 Å². The fourth-order valence-electron chi connectivity index (χ4n) is 4.04. The van der Waals surface area contributed by atoms with Gasteiger partial charge < -0.3 is 10.2 Å². The van der Waals surface area contributed by atoms with Crippen LogP contribution >= 0.6 is 0 Å². The average Bonchev–Trinajstić information content (AvgIpc) is 2.43. The van der Waals surface area contributed by atoms with Crippen molar-refractivity contribution in [3.05, 3.63) is 0 Å². The smallest absolute Gasteiger partial charge is 0.0309 e. The number of piperazine rings is 1. The van der Waals surface area contributed by atoms with Crippen LogP contribution in [0.3, 0.4) is 0 Å². The summed E-state index contributed by atoms with van der Waals surface area (Å²) in [6.07, 6.45) is 14.3. The fourth-order valence-corrected chi connectivity index (χ4v) is 4.04. The highest BCUT2D eigenvalue weighted by atomic mass is 15.2. The van der Waals surface area contributed by atoms with E-state index in [2.05, 4.69) is 24.1 Å². The second-order valence-electron chi connectivity index (χ2n) is 7.64. The van der Waals surface area contributed by atoms with Crippen LogP contribution in [0.4, 0.5) is 0 Å². The van der Waals surface area contributed by atoms with E-state index in [1.807, 2.05) is 0 Å². The average molecular weight is 280 g/mol. The summed E-state index contributed by atoms with van der Waals surface area (Å²) in [5, 5.41) is 3.85. The van der Waals surface area contributed by atoms with Gasteiger partial charge in [-0.15, -0.1) is 0 Å². The Kier molecular flexibility index (Phi) is 6.83. The molecule has 2 heteroatoms. The zero-order valence-corrected chi connectivity index (χ0v) is 13.9. The van der Waals surface area contributed by atoms with Gasteiger partial charge in [0.15, 0.2) is 0 Å². The van der Waals surface area contributed by atoms with Gasteiger partial charge in [-0.3, -0.25) is 0 Å². The number of nitrogens with one attached hydrogen (secondary N) is 1. The quantitative estimate of drug-likeness (QED) is 0.703. The molecule has 0 unspecified atom stereocenters. The van der Waals surface area contributed by atoms with E-state index in [0.29, 0.717) is 5.54 Å². The van der Waals surface area contributed by atoms with Crippen molar-refractivity contribution in [2.24, 2.45) is 5.92 Å². The number of hydrogen-bond donors (Lipinski definition) is 1. The standard InChI is InChI=1S/C18H36N2/c1-17(2)10-6-3-4-9-14-20-15-13-19-18(16-20)11-7-5-8-12-18/h17,19H,3-16H2,1-2H3. The second-order valence-corrected chi connectivity index (χ2v) is 7.64. The summed E-state index contributed by atoms with van der Waals surface area (Å²) >= 11 is 0. The Labute approximate surface area is 126 Å². The molecule has 1 aliphatic heterocycles. The first kappa shape index (κ1) is 16.3. The highest BCUT2D eigenvalue weighted by Gasteiger charge is 2.35. The zero-order chi connectivity index (χ0) is 14.3. The van der Waals surface area contributed by atoms with Crippen molar-refractivity contribution >= 4 is 0 Å². The van der Waals surface area contributed by atoms with Crippen LogP contribution in [0.15, 0.2) is 0 Å². The van der Waals surface area contributed by atoms with Crippen LogP contribution in [0, 0.1) is 5.92 Å². The molecule has 0 bridgehead atoms. The van der Waals surface area contributed by atoms with E-state index >= 15 is 0 Å². The van der Waals surface area contributed by atoms with Crippen molar-refractivity contribution in [2.45, 2.75) is 83.6 Å². The minimum atomic E-state index is 0.494. The molecule has 2 rings (SSSR count). The highest BCUT2D eigenvalue weighted by Crippen LogP contribution is 2.30. The Balaban J connectivity index is 1.58. The van der Waals surface area contributed by atoms with Gasteiger partial charge >= 0.3 is 0 Å². The van der Waals surface area contributed by atoms with Gasteiger partial charge in [-0.05, 0) is 31.7 Å². The topological polar surface area (TPSA) is 15.3 Å². The molecule has 118 valence electrons. The van der Waals surface area contributed by atoms with E-state index in [1.54, 1.807) is 0 Å². The van der Waals surface area contributed by atoms with Crippen LogP contribution in [-0.4, -0.2) is 36.6 Å². The summed E-state index contributed by atoms with van der Waals surface area (Å²) in [5.74, 6) is 0.884. The van der Waals surface area contributed by atoms with Gasteiger partial charge in [0.25, 0.3) is 0 Å². The van der Waals surface area contributed by atoms with E-state index < -0.39 is 0 Å². The van der Waals surface area contributed by atoms with Crippen LogP contribution in [0.2, 0.25) is 0 Å². The van der Waals surface area contributed by atoms with Gasteiger partial charge in [0.05, 0.1) is 0 Å². The molecule has 1 heterocycles. The van der Waals surface area contributed by atoms with E-state index in [0.717, 1.165) is 5.92 Å². The van der Waals surface area contributed by atoms with Gasteiger partial charge in [-0.1, -0.05) is 58.8 Å². The SMILES string of the molecule is CC(C)CCCCCCN1CCNC2(CCCCC2)C1. The molecule has 0 radical (unpaired) electrons. The van der Waals surface area contributed by atoms with Crippen LogP contribution < -0.4 is 5.32 Å². The number of unbranched alkanes of at least 4 members (excludes halogenated alkanes) is 3. The molecule has 0 aromatic heterocycles. The summed E-state index contributed by atoms with van der Waals surface area (Å²) in [6, 6.07) is 0. The summed E-state index contributed by atoms with van der Waals surface area (Å²) in [4.78, 5) is 2.74. The van der Waals surface area contributed by atoms with E-state index in [9.17, 15) is 0 Å². The molecule has 1 aliphatic carbocycles. The van der Waals surface area contributed by atoms with Crippen molar-refractivity contribution < 1.29 is 0 Å². The largest absolute Gasteiger partial charge is 0.309 e. The number of hydrogen-bond acceptors (Lipinski definition) is 2. The van der Waals surface area contributed by atoms with Gasteiger partial charge in [-0.2, -0.15) is 0 Å². The number of nitrogens with zero attached hydrogens (tertiary/aromatic N) is 1. The van der Waals surface area contributed by atoms with Crippen molar-refractivity contribution in [3.63, 3.8) is 0 Å². The maximum absolute atomic E-state index is 3.85. The Hall–Kier alpha value is -0.0800. The summed E-state index contributed by atoms with van der Waals surface area (Å²) < 4.78 is 0. The molecular formula is C18H36N2. The first-order chi connectivity index (χ1) is 9.70. The molecule has 2 nitrogen and oxygen atoms in total. The summed E-state index contributed by atoms with van der Waals surface area (Å²) in [6.45, 7) is 9.82. The fraction of sp³-hybridized carbons (Fsp3) is 1.00. The molecule has 2 aliphatic rings. The Bertz CT molecular complexity index is 251. The molecule has 1 saturated carbocycles. The Morgan fingerprint density at radius 3 is 2.50 bits per heavy atom. The maximum Gasteiger partial charge on any atom is 0.0309 e. The van der Waals surface area contributed by atoms with Crippen LogP contribution in [0.5, 0.6) is 0 Å². The molecule has 0 atom stereocenters. The Morgan fingerprint density at radius 1 is 1.00 bits per heavy atom. The van der Waals surface area contributed by atoms with Crippen molar-refractivity contribution in [3.8, 4) is 0 Å². The maximum atomic E-state index is 3.85. The summed E-state index contributed by atoms with van der Waals surface area (Å²) in [7, 11) is 0. The lowest BCUT2D eigenvalue weighted by molar-refractivity contribution is 0.0980. The molecule has 20 heavy (non-hydrogen) atoms. The molecule has 0 aromatic rings. The molecule has 1 spiro atoms. The lowest BCUT2D eigenvalue weighted by Crippen LogP contribution is -2.61. The van der Waals surface area contributed by atoms with E-state index in [1.165, 1.54) is 90.4 Å². The minimum Gasteiger partial charge on any atom is -0.309 e. The monoisotopic (exact) mass is 280 g/mol. The normalized spacial score (nSPS) is 23.6. The molecule has 1 N–H and O–H groups in total. The lowest BCUT2D eigenvalue weighted by Gasteiger charge is -2.46. The van der Waals surface area contributed by atoms with Crippen LogP contribution in [-0.2, 0) is 0 Å². The predicted octanol–water partition coefficient (Wildman–Crippen LogP) is 4.20. The molecule has 2 fully saturated rings. The van der Waals surface area contributed by atoms with Crippen molar-refractivity contribution in [2.75, 3.05) is 26.2 Å². The molecule has 1 saturated heterocycles. The third-order valence-corrected chi connectivity index (χ3v) is 5.27. The summed E-state index contributed by atoms with van der Waals surface area (Å²) in [5.41, 5.74) is 0.494. The minimum absolute atomic E-state index is 0.494. The Morgan fingerprint density at radius 2 is 1.75 bits per heavy atom. The van der Waals surface area contributed by atoms with E-state index in [-0.39, 0.29) is 0 Å². The van der Waals surface area contributed by atoms with Gasteiger partial charge in [0.1, 0.15) is 0 Å². The van der Waals surface area contributed by atoms with Crippen molar-refractivity contribution in [1.82, 2.24) is 10.2 Å². The van der Waals surface area contributed by atoms with Crippen LogP contribution in [0.25, 0.3) is 0 Å². The molecule has 0 aromatic carbocycles.